The third-order valence-electron chi connectivity index (χ3n) is 3.57. The number of ether oxygens (including phenoxy) is 1. The van der Waals surface area contributed by atoms with E-state index in [1.54, 1.807) is 43.3 Å². The third-order valence-corrected chi connectivity index (χ3v) is 4.94. The van der Waals surface area contributed by atoms with E-state index in [-0.39, 0.29) is 5.91 Å². The Hall–Kier alpha value is -1.98. The molecule has 6 heteroatoms. The largest absolute Gasteiger partial charge is 0.496 e. The van der Waals surface area contributed by atoms with Gasteiger partial charge >= 0.3 is 0 Å². The van der Waals surface area contributed by atoms with E-state index in [2.05, 4.69) is 5.32 Å². The molecule has 0 saturated carbocycles. The van der Waals surface area contributed by atoms with Crippen LogP contribution in [0.15, 0.2) is 53.1 Å². The summed E-state index contributed by atoms with van der Waals surface area (Å²) in [4.78, 5) is 13.1. The minimum atomic E-state index is -0.435. The highest BCUT2D eigenvalue weighted by Gasteiger charge is 2.20. The summed E-state index contributed by atoms with van der Waals surface area (Å²) in [5.41, 5.74) is 1.52. The summed E-state index contributed by atoms with van der Waals surface area (Å²) in [7, 11) is 0. The number of rotatable bonds is 3. The summed E-state index contributed by atoms with van der Waals surface area (Å²) in [6.07, 6.45) is 0. The van der Waals surface area contributed by atoms with Crippen molar-refractivity contribution < 1.29 is 13.9 Å². The number of hydrogen-bond acceptors (Lipinski definition) is 3. The van der Waals surface area contributed by atoms with Crippen LogP contribution >= 0.6 is 23.4 Å². The molecule has 32 heavy (non-hydrogen) atoms. The zero-order valence-electron chi connectivity index (χ0n) is 20.9. The van der Waals surface area contributed by atoms with Gasteiger partial charge in [-0.1, -0.05) is 85.2 Å². The molecule has 0 bridgehead atoms. The maximum Gasteiger partial charge on any atom is 0.265 e. The topological polar surface area (TPSA) is 38.3 Å². The van der Waals surface area contributed by atoms with Crippen LogP contribution in [0.2, 0.25) is 5.02 Å². The van der Waals surface area contributed by atoms with Crippen LogP contribution in [0.4, 0.5) is 10.1 Å². The summed E-state index contributed by atoms with van der Waals surface area (Å²) in [6.45, 7) is 18.4. The summed E-state index contributed by atoms with van der Waals surface area (Å²) < 4.78 is 19.7. The summed E-state index contributed by atoms with van der Waals surface area (Å²) in [6, 6.07) is 11.6. The molecule has 0 aromatic heterocycles. The van der Waals surface area contributed by atoms with Gasteiger partial charge in [-0.25, -0.2) is 4.39 Å². The zero-order valence-corrected chi connectivity index (χ0v) is 22.5. The predicted octanol–water partition coefficient (Wildman–Crippen LogP) is 9.18. The second-order valence-corrected chi connectivity index (χ2v) is 6.75. The number of halogens is 2. The van der Waals surface area contributed by atoms with E-state index in [9.17, 15) is 9.18 Å². The van der Waals surface area contributed by atoms with E-state index in [1.807, 2.05) is 55.4 Å². The molecule has 0 spiro atoms. The van der Waals surface area contributed by atoms with Crippen LogP contribution in [0.5, 0.6) is 0 Å². The summed E-state index contributed by atoms with van der Waals surface area (Å²) in [5, 5.41) is 3.18. The predicted molar refractivity (Wildman–Crippen MR) is 142 cm³/mol. The molecule has 0 unspecified atom stereocenters. The molecule has 0 atom stereocenters. The highest BCUT2D eigenvalue weighted by Crippen LogP contribution is 2.33. The highest BCUT2D eigenvalue weighted by atomic mass is 35.5. The summed E-state index contributed by atoms with van der Waals surface area (Å²) >= 11 is 7.27. The number of benzene rings is 2. The van der Waals surface area contributed by atoms with Gasteiger partial charge in [-0.3, -0.25) is 4.79 Å². The van der Waals surface area contributed by atoms with Gasteiger partial charge in [0.2, 0.25) is 0 Å². The first-order valence-electron chi connectivity index (χ1n) is 11.4. The molecule has 1 heterocycles. The van der Waals surface area contributed by atoms with E-state index < -0.39 is 5.82 Å². The lowest BCUT2D eigenvalue weighted by Crippen LogP contribution is -2.18. The van der Waals surface area contributed by atoms with Crippen molar-refractivity contribution in [3.63, 3.8) is 0 Å². The van der Waals surface area contributed by atoms with Crippen molar-refractivity contribution in [2.45, 2.75) is 62.3 Å². The average molecular weight is 484 g/mol. The Morgan fingerprint density at radius 2 is 1.56 bits per heavy atom. The molecular weight excluding hydrogens is 445 g/mol. The lowest BCUT2D eigenvalue weighted by atomic mass is 10.0. The molecule has 0 saturated heterocycles. The van der Waals surface area contributed by atoms with Crippen LogP contribution in [0.3, 0.4) is 0 Å². The SMILES string of the molecule is CC.CC.CC.CC.CC1=C(C(=O)Nc2ccccc2-c2ccc(Cl)cc2F)SCCO1. The number of hydrogen-bond donors (Lipinski definition) is 1. The second-order valence-electron chi connectivity index (χ2n) is 5.21. The fourth-order valence-electron chi connectivity index (χ4n) is 2.45. The molecule has 2 aromatic rings. The Morgan fingerprint density at radius 3 is 2.12 bits per heavy atom. The number of amides is 1. The van der Waals surface area contributed by atoms with Crippen LogP contribution in [0.1, 0.15) is 62.3 Å². The molecule has 0 fully saturated rings. The number of anilines is 1. The van der Waals surface area contributed by atoms with Crippen LogP contribution in [0, 0.1) is 5.82 Å². The standard InChI is InChI=1S/C18H15ClFNO2S.4C2H6/c1-11-17(24-9-8-23-11)18(22)21-16-5-3-2-4-14(16)13-7-6-12(19)10-15(13)20;4*1-2/h2-7,10H,8-9H2,1H3,(H,21,22);4*1-2H3. The Balaban J connectivity index is 0. The molecule has 3 rings (SSSR count). The Kier molecular flexibility index (Phi) is 19.8. The van der Waals surface area contributed by atoms with Crippen molar-refractivity contribution >= 4 is 35.0 Å². The molecule has 180 valence electrons. The van der Waals surface area contributed by atoms with Gasteiger partial charge < -0.3 is 10.1 Å². The van der Waals surface area contributed by atoms with Gasteiger partial charge in [0.15, 0.2) is 0 Å². The van der Waals surface area contributed by atoms with Crippen molar-refractivity contribution in [3.8, 4) is 11.1 Å². The lowest BCUT2D eigenvalue weighted by Gasteiger charge is -2.18. The van der Waals surface area contributed by atoms with Crippen molar-refractivity contribution in [2.24, 2.45) is 0 Å². The van der Waals surface area contributed by atoms with Gasteiger partial charge in [-0.05, 0) is 31.2 Å². The molecule has 3 nitrogen and oxygen atoms in total. The van der Waals surface area contributed by atoms with E-state index >= 15 is 0 Å². The monoisotopic (exact) mass is 483 g/mol. The maximum absolute atomic E-state index is 14.2. The minimum absolute atomic E-state index is 0.251. The Morgan fingerprint density at radius 1 is 0.969 bits per heavy atom. The Bertz CT molecular complexity index is 825. The fraction of sp³-hybridized carbons (Fsp3) is 0.423. The molecule has 1 N–H and O–H groups in total. The van der Waals surface area contributed by atoms with Crippen molar-refractivity contribution in [2.75, 3.05) is 17.7 Å². The van der Waals surface area contributed by atoms with Crippen LogP contribution in [-0.2, 0) is 9.53 Å². The van der Waals surface area contributed by atoms with E-state index in [0.29, 0.717) is 39.1 Å². The normalized spacial score (nSPS) is 11.5. The van der Waals surface area contributed by atoms with Gasteiger partial charge in [0.05, 0.1) is 6.61 Å². The van der Waals surface area contributed by atoms with Gasteiger partial charge in [-0.2, -0.15) is 0 Å². The quantitative estimate of drug-likeness (QED) is 0.472. The van der Waals surface area contributed by atoms with Crippen molar-refractivity contribution in [3.05, 3.63) is 64.0 Å². The molecular formula is C26H39ClFNO2S. The van der Waals surface area contributed by atoms with E-state index in [4.69, 9.17) is 16.3 Å². The third kappa shape index (κ3) is 10.1. The van der Waals surface area contributed by atoms with Gasteiger partial charge in [-0.15, -0.1) is 11.8 Å². The molecule has 2 aromatic carbocycles. The number of carbonyl (C=O) groups excluding carboxylic acids is 1. The van der Waals surface area contributed by atoms with Crippen LogP contribution < -0.4 is 5.32 Å². The van der Waals surface area contributed by atoms with Crippen LogP contribution in [-0.4, -0.2) is 18.3 Å². The van der Waals surface area contributed by atoms with E-state index in [1.165, 1.54) is 17.8 Å². The van der Waals surface area contributed by atoms with Gasteiger partial charge in [0.1, 0.15) is 16.5 Å². The molecule has 0 aliphatic carbocycles. The number of para-hydroxylation sites is 1. The first-order chi connectivity index (χ1) is 15.6. The average Bonchev–Trinajstić information content (AvgIpc) is 2.85. The lowest BCUT2D eigenvalue weighted by molar-refractivity contribution is -0.112. The number of allylic oxidation sites excluding steroid dienone is 1. The first-order valence-corrected chi connectivity index (χ1v) is 12.7. The summed E-state index contributed by atoms with van der Waals surface area (Å²) in [5.74, 6) is 0.654. The molecule has 1 aliphatic rings. The maximum atomic E-state index is 14.2. The van der Waals surface area contributed by atoms with Crippen molar-refractivity contribution in [1.29, 1.82) is 0 Å². The minimum Gasteiger partial charge on any atom is -0.496 e. The number of thioether (sulfide) groups is 1. The zero-order chi connectivity index (χ0) is 25.1. The van der Waals surface area contributed by atoms with E-state index in [0.717, 1.165) is 5.75 Å². The van der Waals surface area contributed by atoms with Crippen LogP contribution in [0.25, 0.3) is 11.1 Å². The fourth-order valence-corrected chi connectivity index (χ4v) is 3.42. The van der Waals surface area contributed by atoms with Gasteiger partial charge in [0.25, 0.3) is 5.91 Å². The number of nitrogens with one attached hydrogen (secondary N) is 1. The van der Waals surface area contributed by atoms with Crippen molar-refractivity contribution in [1.82, 2.24) is 0 Å². The number of carbonyl (C=O) groups is 1. The highest BCUT2D eigenvalue weighted by molar-refractivity contribution is 8.04. The second kappa shape index (κ2) is 19.7. The molecule has 1 amide bonds. The molecule has 0 radical (unpaired) electrons. The smallest absolute Gasteiger partial charge is 0.265 e. The first kappa shape index (κ1) is 32.2. The molecule has 1 aliphatic heterocycles. The van der Waals surface area contributed by atoms with Gasteiger partial charge in [0, 0.05) is 27.6 Å². The Labute approximate surface area is 203 Å².